The van der Waals surface area contributed by atoms with Crippen molar-refractivity contribution in [1.82, 2.24) is 9.97 Å². The van der Waals surface area contributed by atoms with Gasteiger partial charge in [-0.05, 0) is 25.7 Å². The Morgan fingerprint density at radius 2 is 2.25 bits per heavy atom. The highest BCUT2D eigenvalue weighted by atomic mass is 32.2. The Balaban J connectivity index is 2.38. The molecule has 1 heterocycles. The summed E-state index contributed by atoms with van der Waals surface area (Å²) in [6, 6.07) is 1.89. The number of nitrogens with one attached hydrogen (secondary N) is 2. The Kier molecular flexibility index (Phi) is 6.00. The molecule has 0 amide bonds. The Morgan fingerprint density at radius 3 is 2.94 bits per heavy atom. The minimum atomic E-state index is 0.683. The van der Waals surface area contributed by atoms with Crippen molar-refractivity contribution in [3.05, 3.63) is 12.3 Å². The zero-order valence-electron chi connectivity index (χ0n) is 10.2. The van der Waals surface area contributed by atoms with Crippen LogP contribution in [-0.2, 0) is 0 Å². The van der Waals surface area contributed by atoms with Gasteiger partial charge in [-0.15, -0.1) is 0 Å². The molecule has 0 aliphatic heterocycles. The van der Waals surface area contributed by atoms with Gasteiger partial charge in [-0.3, -0.25) is 0 Å². The topological polar surface area (TPSA) is 49.8 Å². The first-order valence-corrected chi connectivity index (χ1v) is 6.88. The van der Waals surface area contributed by atoms with Gasteiger partial charge in [-0.25, -0.2) is 4.98 Å². The van der Waals surface area contributed by atoms with Crippen LogP contribution < -0.4 is 10.6 Å². The van der Waals surface area contributed by atoms with Crippen molar-refractivity contribution in [3.8, 4) is 0 Å². The minimum absolute atomic E-state index is 0.683. The highest BCUT2D eigenvalue weighted by Crippen LogP contribution is 2.10. The lowest BCUT2D eigenvalue weighted by atomic mass is 10.3. The summed E-state index contributed by atoms with van der Waals surface area (Å²) in [6.07, 6.45) is 5.05. The van der Waals surface area contributed by atoms with E-state index in [1.54, 1.807) is 6.20 Å². The molecular weight excluding hydrogens is 220 g/mol. The van der Waals surface area contributed by atoms with Crippen molar-refractivity contribution >= 4 is 23.5 Å². The van der Waals surface area contributed by atoms with E-state index in [-0.39, 0.29) is 0 Å². The summed E-state index contributed by atoms with van der Waals surface area (Å²) in [5, 5.41) is 7.08. The molecule has 1 unspecified atom stereocenters. The fraction of sp³-hybridized carbons (Fsp3) is 0.636. The van der Waals surface area contributed by atoms with Gasteiger partial charge in [0.25, 0.3) is 0 Å². The molecule has 0 aliphatic carbocycles. The van der Waals surface area contributed by atoms with Gasteiger partial charge in [0.15, 0.2) is 0 Å². The van der Waals surface area contributed by atoms with Crippen LogP contribution in [0.25, 0.3) is 0 Å². The summed E-state index contributed by atoms with van der Waals surface area (Å²) in [5.74, 6) is 1.57. The van der Waals surface area contributed by atoms with Crippen LogP contribution in [0.5, 0.6) is 0 Å². The first-order chi connectivity index (χ1) is 7.76. The van der Waals surface area contributed by atoms with Crippen molar-refractivity contribution < 1.29 is 0 Å². The normalized spacial score (nSPS) is 12.2. The van der Waals surface area contributed by atoms with E-state index < -0.39 is 0 Å². The third kappa shape index (κ3) is 4.70. The molecule has 0 fully saturated rings. The summed E-state index contributed by atoms with van der Waals surface area (Å²) in [7, 11) is 0. The van der Waals surface area contributed by atoms with E-state index in [0.29, 0.717) is 11.2 Å². The van der Waals surface area contributed by atoms with Crippen LogP contribution in [0.2, 0.25) is 0 Å². The average molecular weight is 240 g/mol. The molecule has 0 radical (unpaired) electrons. The fourth-order valence-corrected chi connectivity index (χ4v) is 1.58. The summed E-state index contributed by atoms with van der Waals surface area (Å²) in [5.41, 5.74) is 0. The summed E-state index contributed by atoms with van der Waals surface area (Å²) in [4.78, 5) is 8.47. The van der Waals surface area contributed by atoms with Gasteiger partial charge in [-0.2, -0.15) is 16.7 Å². The zero-order chi connectivity index (χ0) is 11.8. The zero-order valence-corrected chi connectivity index (χ0v) is 11.0. The number of rotatable bonds is 7. The van der Waals surface area contributed by atoms with E-state index in [2.05, 4.69) is 33.8 Å². The molecule has 1 aromatic rings. The standard InChI is InChI=1S/C11H20N4S/c1-4-12-11-14-8-6-10(15-11)13-7-5-9(2)16-3/h6,8-9H,4-5,7H2,1-3H3,(H2,12,13,14,15). The number of aromatic nitrogens is 2. The molecule has 2 N–H and O–H groups in total. The third-order valence-electron chi connectivity index (χ3n) is 2.25. The monoisotopic (exact) mass is 240 g/mol. The van der Waals surface area contributed by atoms with Crippen molar-refractivity contribution in [3.63, 3.8) is 0 Å². The molecule has 1 aromatic heterocycles. The number of hydrogen-bond donors (Lipinski definition) is 2. The Hall–Kier alpha value is -0.970. The second-order valence-electron chi connectivity index (χ2n) is 3.56. The molecule has 0 spiro atoms. The number of nitrogens with zero attached hydrogens (tertiary/aromatic N) is 2. The highest BCUT2D eigenvalue weighted by Gasteiger charge is 2.00. The SMILES string of the molecule is CCNc1nccc(NCCC(C)SC)n1. The maximum Gasteiger partial charge on any atom is 0.224 e. The van der Waals surface area contributed by atoms with E-state index in [9.17, 15) is 0 Å². The summed E-state index contributed by atoms with van der Waals surface area (Å²) >= 11 is 1.89. The molecule has 1 atom stereocenters. The van der Waals surface area contributed by atoms with Gasteiger partial charge in [0.05, 0.1) is 0 Å². The first-order valence-electron chi connectivity index (χ1n) is 5.59. The molecule has 16 heavy (non-hydrogen) atoms. The van der Waals surface area contributed by atoms with Crippen molar-refractivity contribution in [2.24, 2.45) is 0 Å². The van der Waals surface area contributed by atoms with Crippen LogP contribution >= 0.6 is 11.8 Å². The second-order valence-corrected chi connectivity index (χ2v) is 4.83. The van der Waals surface area contributed by atoms with E-state index >= 15 is 0 Å². The lowest BCUT2D eigenvalue weighted by molar-refractivity contribution is 0.849. The lowest BCUT2D eigenvalue weighted by Gasteiger charge is -2.10. The fourth-order valence-electron chi connectivity index (χ4n) is 1.22. The van der Waals surface area contributed by atoms with E-state index in [0.717, 1.165) is 25.3 Å². The Bertz CT molecular complexity index is 306. The molecule has 1 rings (SSSR count). The quantitative estimate of drug-likeness (QED) is 0.766. The van der Waals surface area contributed by atoms with Crippen molar-refractivity contribution in [2.75, 3.05) is 30.0 Å². The molecule has 0 saturated carbocycles. The largest absolute Gasteiger partial charge is 0.370 e. The number of thioether (sulfide) groups is 1. The van der Waals surface area contributed by atoms with Gasteiger partial charge < -0.3 is 10.6 Å². The highest BCUT2D eigenvalue weighted by molar-refractivity contribution is 7.99. The smallest absolute Gasteiger partial charge is 0.224 e. The van der Waals surface area contributed by atoms with Gasteiger partial charge in [0.1, 0.15) is 5.82 Å². The van der Waals surface area contributed by atoms with Crippen LogP contribution in [0.1, 0.15) is 20.3 Å². The molecule has 0 aliphatic rings. The van der Waals surface area contributed by atoms with Gasteiger partial charge in [-0.1, -0.05) is 6.92 Å². The average Bonchev–Trinajstić information content (AvgIpc) is 2.30. The maximum absolute atomic E-state index is 4.35. The molecule has 90 valence electrons. The molecule has 0 saturated heterocycles. The predicted molar refractivity (Wildman–Crippen MR) is 72.3 cm³/mol. The molecule has 0 aromatic carbocycles. The van der Waals surface area contributed by atoms with Crippen LogP contribution in [0, 0.1) is 0 Å². The van der Waals surface area contributed by atoms with Gasteiger partial charge >= 0.3 is 0 Å². The number of hydrogen-bond acceptors (Lipinski definition) is 5. The van der Waals surface area contributed by atoms with Gasteiger partial charge in [0.2, 0.25) is 5.95 Å². The number of anilines is 2. The molecular formula is C11H20N4S. The van der Waals surface area contributed by atoms with Crippen LogP contribution in [0.4, 0.5) is 11.8 Å². The predicted octanol–water partition coefficient (Wildman–Crippen LogP) is 2.46. The van der Waals surface area contributed by atoms with Crippen molar-refractivity contribution in [1.29, 1.82) is 0 Å². The van der Waals surface area contributed by atoms with E-state index in [1.807, 2.05) is 24.8 Å². The minimum Gasteiger partial charge on any atom is -0.370 e. The summed E-state index contributed by atoms with van der Waals surface area (Å²) < 4.78 is 0. The molecule has 0 bridgehead atoms. The van der Waals surface area contributed by atoms with E-state index in [4.69, 9.17) is 0 Å². The maximum atomic E-state index is 4.35. The Morgan fingerprint density at radius 1 is 1.44 bits per heavy atom. The lowest BCUT2D eigenvalue weighted by Crippen LogP contribution is -2.10. The van der Waals surface area contributed by atoms with Crippen LogP contribution in [-0.4, -0.2) is 34.6 Å². The second kappa shape index (κ2) is 7.33. The summed E-state index contributed by atoms with van der Waals surface area (Å²) in [6.45, 7) is 6.05. The van der Waals surface area contributed by atoms with Crippen LogP contribution in [0.15, 0.2) is 12.3 Å². The first kappa shape index (κ1) is 13.1. The molecule has 4 nitrogen and oxygen atoms in total. The van der Waals surface area contributed by atoms with Crippen LogP contribution in [0.3, 0.4) is 0 Å². The molecule has 5 heteroatoms. The third-order valence-corrected chi connectivity index (χ3v) is 3.29. The van der Waals surface area contributed by atoms with E-state index in [1.165, 1.54) is 0 Å². The van der Waals surface area contributed by atoms with Gasteiger partial charge in [0, 0.05) is 24.5 Å². The Labute approximate surface area is 102 Å². The van der Waals surface area contributed by atoms with Crippen molar-refractivity contribution in [2.45, 2.75) is 25.5 Å².